The maximum atomic E-state index is 12.8. The number of hydrogen-bond acceptors (Lipinski definition) is 8. The molecule has 8 heteroatoms. The van der Waals surface area contributed by atoms with Crippen molar-refractivity contribution in [1.29, 1.82) is 0 Å². The molecule has 8 nitrogen and oxygen atoms in total. The molecule has 5 aliphatic carbocycles. The second-order valence-corrected chi connectivity index (χ2v) is 11.6. The molecule has 5 saturated carbocycles. The van der Waals surface area contributed by atoms with Crippen LogP contribution in [0.15, 0.2) is 0 Å². The van der Waals surface area contributed by atoms with Crippen molar-refractivity contribution in [2.24, 2.45) is 34.5 Å². The molecule has 1 aliphatic heterocycles. The SMILES string of the molecule is CCN1C[C@@]2(CO)CC[C@@H](O)[C@@]34[C@@H]5C[C@H]6[C@H](OC)[C@@H]5[C@](O)(C[C@H]6OC)[C@@](O)([C@H]13)[C@@H](OC)[C@@H]24. The highest BCUT2D eigenvalue weighted by Crippen LogP contribution is 2.80. The first-order valence-corrected chi connectivity index (χ1v) is 12.3. The Labute approximate surface area is 189 Å². The lowest BCUT2D eigenvalue weighted by Crippen LogP contribution is -2.82. The molecule has 6 fully saturated rings. The van der Waals surface area contributed by atoms with E-state index in [0.29, 0.717) is 32.4 Å². The molecule has 6 rings (SSSR count). The molecule has 32 heavy (non-hydrogen) atoms. The highest BCUT2D eigenvalue weighted by molar-refractivity contribution is 5.41. The van der Waals surface area contributed by atoms with Crippen molar-refractivity contribution in [2.75, 3.05) is 41.0 Å². The van der Waals surface area contributed by atoms with Crippen molar-refractivity contribution in [1.82, 2.24) is 4.90 Å². The molecule has 1 spiro atoms. The number of methoxy groups -OCH3 is 3. The molecule has 182 valence electrons. The highest BCUT2D eigenvalue weighted by Gasteiger charge is 2.91. The zero-order chi connectivity index (χ0) is 22.8. The minimum atomic E-state index is -1.60. The monoisotopic (exact) mass is 453 g/mol. The summed E-state index contributed by atoms with van der Waals surface area (Å²) in [6.45, 7) is 3.36. The number of nitrogens with zero attached hydrogens (tertiary/aromatic N) is 1. The molecule has 0 radical (unpaired) electrons. The Hall–Kier alpha value is -0.320. The molecule has 0 aromatic heterocycles. The van der Waals surface area contributed by atoms with Gasteiger partial charge in [-0.1, -0.05) is 6.92 Å². The molecular formula is C24H39NO7. The van der Waals surface area contributed by atoms with Crippen LogP contribution in [0.2, 0.25) is 0 Å². The van der Waals surface area contributed by atoms with E-state index in [1.54, 1.807) is 21.3 Å². The predicted molar refractivity (Wildman–Crippen MR) is 114 cm³/mol. The molecule has 7 bridgehead atoms. The van der Waals surface area contributed by atoms with Crippen LogP contribution < -0.4 is 0 Å². The maximum Gasteiger partial charge on any atom is 0.136 e. The molecule has 4 N–H and O–H groups in total. The summed E-state index contributed by atoms with van der Waals surface area (Å²) in [7, 11) is 4.95. The van der Waals surface area contributed by atoms with Crippen LogP contribution in [-0.4, -0.2) is 108 Å². The number of fused-ring (bicyclic) bond motifs is 2. The summed E-state index contributed by atoms with van der Waals surface area (Å²) in [5.74, 6) is -0.488. The average molecular weight is 454 g/mol. The normalized spacial score (nSPS) is 62.4. The van der Waals surface area contributed by atoms with E-state index >= 15 is 0 Å². The van der Waals surface area contributed by atoms with Gasteiger partial charge in [0.15, 0.2) is 0 Å². The lowest BCUT2D eigenvalue weighted by Gasteiger charge is -2.69. The van der Waals surface area contributed by atoms with E-state index in [1.165, 1.54) is 0 Å². The van der Waals surface area contributed by atoms with E-state index in [1.807, 2.05) is 0 Å². The fraction of sp³-hybridized carbons (Fsp3) is 1.00. The zero-order valence-corrected chi connectivity index (χ0v) is 19.6. The molecule has 0 amide bonds. The number of rotatable bonds is 5. The largest absolute Gasteiger partial charge is 0.396 e. The van der Waals surface area contributed by atoms with Crippen LogP contribution in [0.25, 0.3) is 0 Å². The molecule has 13 atom stereocenters. The smallest absolute Gasteiger partial charge is 0.136 e. The predicted octanol–water partition coefficient (Wildman–Crippen LogP) is -0.383. The van der Waals surface area contributed by atoms with Crippen molar-refractivity contribution in [3.05, 3.63) is 0 Å². The van der Waals surface area contributed by atoms with Gasteiger partial charge < -0.3 is 34.6 Å². The summed E-state index contributed by atoms with van der Waals surface area (Å²) in [4.78, 5) is 2.23. The topological polar surface area (TPSA) is 112 Å². The number of likely N-dealkylation sites (N-methyl/N-ethyl adjacent to an activating group) is 1. The van der Waals surface area contributed by atoms with E-state index in [2.05, 4.69) is 11.8 Å². The van der Waals surface area contributed by atoms with Crippen LogP contribution in [0, 0.1) is 34.5 Å². The third kappa shape index (κ3) is 1.96. The molecule has 6 aliphatic rings. The second kappa shape index (κ2) is 6.66. The van der Waals surface area contributed by atoms with Gasteiger partial charge in [0.1, 0.15) is 11.2 Å². The molecule has 1 heterocycles. The number of piperidine rings is 1. The Balaban J connectivity index is 1.68. The lowest BCUT2D eigenvalue weighted by atomic mass is 9.42. The zero-order valence-electron chi connectivity index (χ0n) is 19.6. The number of aliphatic hydroxyl groups is 4. The highest BCUT2D eigenvalue weighted by atomic mass is 16.5. The average Bonchev–Trinajstić information content (AvgIpc) is 3.21. The molecule has 1 saturated heterocycles. The molecular weight excluding hydrogens is 414 g/mol. The quantitative estimate of drug-likeness (QED) is 0.446. The van der Waals surface area contributed by atoms with E-state index in [9.17, 15) is 20.4 Å². The van der Waals surface area contributed by atoms with Crippen LogP contribution in [0.3, 0.4) is 0 Å². The Morgan fingerprint density at radius 1 is 1.09 bits per heavy atom. The van der Waals surface area contributed by atoms with Gasteiger partial charge in [-0.3, -0.25) is 4.90 Å². The van der Waals surface area contributed by atoms with Gasteiger partial charge >= 0.3 is 0 Å². The van der Waals surface area contributed by atoms with Crippen LogP contribution in [0.5, 0.6) is 0 Å². The van der Waals surface area contributed by atoms with Crippen LogP contribution in [-0.2, 0) is 14.2 Å². The van der Waals surface area contributed by atoms with Crippen LogP contribution in [0.1, 0.15) is 32.6 Å². The van der Waals surface area contributed by atoms with E-state index < -0.39 is 40.3 Å². The molecule has 0 aromatic rings. The number of aliphatic hydroxyl groups excluding tert-OH is 2. The minimum Gasteiger partial charge on any atom is -0.396 e. The first kappa shape index (κ1) is 22.2. The summed E-state index contributed by atoms with van der Waals surface area (Å²) in [5.41, 5.74) is -4.23. The van der Waals surface area contributed by atoms with Gasteiger partial charge in [-0.05, 0) is 31.7 Å². The van der Waals surface area contributed by atoms with E-state index in [0.717, 1.165) is 6.42 Å². The van der Waals surface area contributed by atoms with Crippen molar-refractivity contribution >= 4 is 0 Å². The summed E-state index contributed by atoms with van der Waals surface area (Å²) in [6, 6.07) is -0.442. The second-order valence-electron chi connectivity index (χ2n) is 11.6. The van der Waals surface area contributed by atoms with Gasteiger partial charge in [-0.15, -0.1) is 0 Å². The van der Waals surface area contributed by atoms with Crippen molar-refractivity contribution in [3.63, 3.8) is 0 Å². The lowest BCUT2D eigenvalue weighted by molar-refractivity contribution is -0.318. The van der Waals surface area contributed by atoms with Gasteiger partial charge in [0.05, 0.1) is 37.1 Å². The van der Waals surface area contributed by atoms with Gasteiger partial charge in [0.2, 0.25) is 0 Å². The third-order valence-electron chi connectivity index (χ3n) is 11.4. The Kier molecular flexibility index (Phi) is 4.62. The Bertz CT molecular complexity index is 798. The van der Waals surface area contributed by atoms with Crippen LogP contribution >= 0.6 is 0 Å². The first-order valence-electron chi connectivity index (χ1n) is 12.3. The van der Waals surface area contributed by atoms with Gasteiger partial charge in [0, 0.05) is 62.9 Å². The standard InChI is InChI=1S/C24H39NO7/c1-5-25-10-21(11-26)7-6-15(27)23-13-8-12-14(30-2)9-22(28,16(13)17(12)31-3)24(29,20(23)25)19(32-4)18(21)23/h12-20,26-29H,5-11H2,1-4H3/t12-,13-,14-,15-,16-,17+,18+,19+,20-,21-,22-,23-,24+/m1/s1. The minimum absolute atomic E-state index is 0.0149. The van der Waals surface area contributed by atoms with E-state index in [-0.39, 0.29) is 42.5 Å². The van der Waals surface area contributed by atoms with Gasteiger partial charge in [-0.2, -0.15) is 0 Å². The summed E-state index contributed by atoms with van der Waals surface area (Å²) < 4.78 is 18.0. The van der Waals surface area contributed by atoms with Gasteiger partial charge in [-0.25, -0.2) is 0 Å². The number of hydrogen-bond donors (Lipinski definition) is 4. The van der Waals surface area contributed by atoms with Crippen molar-refractivity contribution in [3.8, 4) is 0 Å². The number of ether oxygens (including phenoxy) is 3. The summed E-state index contributed by atoms with van der Waals surface area (Å²) in [6.07, 6.45) is 0.570. The summed E-state index contributed by atoms with van der Waals surface area (Å²) >= 11 is 0. The van der Waals surface area contributed by atoms with Crippen molar-refractivity contribution in [2.45, 2.75) is 74.3 Å². The fourth-order valence-corrected chi connectivity index (χ4v) is 10.7. The molecule has 0 unspecified atom stereocenters. The number of likely N-dealkylation sites (tertiary alicyclic amines) is 1. The Morgan fingerprint density at radius 3 is 2.44 bits per heavy atom. The van der Waals surface area contributed by atoms with E-state index in [4.69, 9.17) is 14.2 Å². The van der Waals surface area contributed by atoms with Crippen LogP contribution in [0.4, 0.5) is 0 Å². The molecule has 0 aromatic carbocycles. The first-order chi connectivity index (χ1) is 15.3. The fourth-order valence-electron chi connectivity index (χ4n) is 10.7. The summed E-state index contributed by atoms with van der Waals surface area (Å²) in [5, 5.41) is 48.0. The van der Waals surface area contributed by atoms with Gasteiger partial charge in [0.25, 0.3) is 0 Å². The maximum absolute atomic E-state index is 12.8. The van der Waals surface area contributed by atoms with Crippen molar-refractivity contribution < 1.29 is 34.6 Å². The third-order valence-corrected chi connectivity index (χ3v) is 11.4. The Morgan fingerprint density at radius 2 is 1.84 bits per heavy atom.